The number of sulfone groups is 1. The molecule has 2 rings (SSSR count). The average Bonchev–Trinajstić information content (AvgIpc) is 2.47. The quantitative estimate of drug-likeness (QED) is 0.878. The van der Waals surface area contributed by atoms with Crippen LogP contribution in [0.1, 0.15) is 16.7 Å². The fourth-order valence-electron chi connectivity index (χ4n) is 2.14. The minimum absolute atomic E-state index is 0.0628. The fourth-order valence-corrected chi connectivity index (χ4v) is 3.84. The number of aliphatic hydroxyl groups excluding tert-OH is 1. The molecule has 118 valence electrons. The molecule has 0 atom stereocenters. The summed E-state index contributed by atoms with van der Waals surface area (Å²) in [6.45, 7) is -0.0628. The number of aliphatic hydroxyl groups is 1. The van der Waals surface area contributed by atoms with E-state index in [9.17, 15) is 8.42 Å². The summed E-state index contributed by atoms with van der Waals surface area (Å²) in [5, 5.41) is 9.47. The number of hydrogen-bond donors (Lipinski definition) is 1. The van der Waals surface area contributed by atoms with Crippen LogP contribution in [0.25, 0.3) is 0 Å². The van der Waals surface area contributed by atoms with Crippen molar-refractivity contribution in [1.29, 1.82) is 0 Å². The highest BCUT2D eigenvalue weighted by atomic mass is 35.5. The van der Waals surface area contributed by atoms with Gasteiger partial charge >= 0.3 is 0 Å². The monoisotopic (exact) mass is 340 g/mol. The molecule has 0 aromatic heterocycles. The number of benzene rings is 2. The predicted octanol–water partition coefficient (Wildman–Crippen LogP) is 2.96. The molecule has 0 aliphatic carbocycles. The fraction of sp³-hybridized carbons (Fsp3) is 0.250. The molecule has 0 radical (unpaired) electrons. The van der Waals surface area contributed by atoms with Crippen LogP contribution in [0.15, 0.2) is 42.5 Å². The first-order valence-electron chi connectivity index (χ1n) is 6.65. The summed E-state index contributed by atoms with van der Waals surface area (Å²) in [7, 11) is -1.86. The zero-order valence-corrected chi connectivity index (χ0v) is 13.7. The highest BCUT2D eigenvalue weighted by Crippen LogP contribution is 2.25. The van der Waals surface area contributed by atoms with E-state index in [1.165, 1.54) is 7.11 Å². The van der Waals surface area contributed by atoms with Crippen molar-refractivity contribution in [3.8, 4) is 5.75 Å². The molecule has 4 nitrogen and oxygen atoms in total. The molecule has 0 unspecified atom stereocenters. The number of methoxy groups -OCH3 is 1. The summed E-state index contributed by atoms with van der Waals surface area (Å²) < 4.78 is 29.9. The van der Waals surface area contributed by atoms with Gasteiger partial charge < -0.3 is 9.84 Å². The molecular formula is C16H17ClO4S. The molecule has 2 aromatic rings. The van der Waals surface area contributed by atoms with Gasteiger partial charge in [-0.15, -0.1) is 0 Å². The largest absolute Gasteiger partial charge is 0.496 e. The second kappa shape index (κ2) is 7.13. The van der Waals surface area contributed by atoms with Gasteiger partial charge in [-0.25, -0.2) is 8.42 Å². The van der Waals surface area contributed by atoms with Gasteiger partial charge in [0.25, 0.3) is 0 Å². The summed E-state index contributed by atoms with van der Waals surface area (Å²) in [5.41, 5.74) is 1.97. The van der Waals surface area contributed by atoms with Crippen LogP contribution < -0.4 is 4.74 Å². The summed E-state index contributed by atoms with van der Waals surface area (Å²) in [6, 6.07) is 11.8. The smallest absolute Gasteiger partial charge is 0.158 e. The van der Waals surface area contributed by atoms with Crippen LogP contribution >= 0.6 is 11.6 Å². The lowest BCUT2D eigenvalue weighted by Gasteiger charge is -2.10. The minimum atomic E-state index is -3.36. The molecule has 0 aliphatic rings. The van der Waals surface area contributed by atoms with Crippen LogP contribution in [-0.2, 0) is 27.9 Å². The SMILES string of the molecule is COc1ccc(Cl)cc1CS(=O)(=O)Cc1ccc(CO)cc1. The van der Waals surface area contributed by atoms with Crippen LogP contribution in [0, 0.1) is 0 Å². The maximum Gasteiger partial charge on any atom is 0.158 e. The third-order valence-corrected chi connectivity index (χ3v) is 4.97. The van der Waals surface area contributed by atoms with E-state index in [2.05, 4.69) is 0 Å². The predicted molar refractivity (Wildman–Crippen MR) is 86.7 cm³/mol. The van der Waals surface area contributed by atoms with E-state index in [0.717, 1.165) is 5.56 Å². The number of ether oxygens (including phenoxy) is 1. The molecule has 0 aliphatic heterocycles. The van der Waals surface area contributed by atoms with Gasteiger partial charge in [0, 0.05) is 10.6 Å². The van der Waals surface area contributed by atoms with E-state index in [-0.39, 0.29) is 18.1 Å². The molecule has 0 heterocycles. The molecule has 0 bridgehead atoms. The van der Waals surface area contributed by atoms with Crippen LogP contribution in [0.5, 0.6) is 5.75 Å². The molecule has 0 amide bonds. The average molecular weight is 341 g/mol. The van der Waals surface area contributed by atoms with Gasteiger partial charge in [0.15, 0.2) is 9.84 Å². The second-order valence-electron chi connectivity index (χ2n) is 4.96. The van der Waals surface area contributed by atoms with E-state index >= 15 is 0 Å². The van der Waals surface area contributed by atoms with Crippen molar-refractivity contribution in [3.63, 3.8) is 0 Å². The Morgan fingerprint density at radius 3 is 2.27 bits per heavy atom. The lowest BCUT2D eigenvalue weighted by molar-refractivity contribution is 0.282. The molecule has 0 saturated heterocycles. The normalized spacial score (nSPS) is 11.4. The van der Waals surface area contributed by atoms with Gasteiger partial charge in [0.05, 0.1) is 25.2 Å². The third kappa shape index (κ3) is 4.47. The summed E-state index contributed by atoms with van der Waals surface area (Å²) >= 11 is 5.92. The standard InChI is InChI=1S/C16H17ClO4S/c1-21-16-7-6-15(17)8-14(16)11-22(19,20)10-13-4-2-12(9-18)3-5-13/h2-8,18H,9-11H2,1H3. The first-order chi connectivity index (χ1) is 10.4. The topological polar surface area (TPSA) is 63.6 Å². The van der Waals surface area contributed by atoms with Crippen LogP contribution in [-0.4, -0.2) is 20.6 Å². The molecule has 0 fully saturated rings. The second-order valence-corrected chi connectivity index (χ2v) is 7.46. The van der Waals surface area contributed by atoms with E-state index in [1.54, 1.807) is 42.5 Å². The van der Waals surface area contributed by atoms with Crippen molar-refractivity contribution < 1.29 is 18.3 Å². The van der Waals surface area contributed by atoms with Crippen molar-refractivity contribution in [2.24, 2.45) is 0 Å². The summed E-state index contributed by atoms with van der Waals surface area (Å²) in [6.07, 6.45) is 0. The van der Waals surface area contributed by atoms with Gasteiger partial charge in [-0.2, -0.15) is 0 Å². The first-order valence-corrected chi connectivity index (χ1v) is 8.85. The Labute approximate surface area is 135 Å². The molecular weight excluding hydrogens is 324 g/mol. The Hall–Kier alpha value is -1.56. The van der Waals surface area contributed by atoms with Crippen molar-refractivity contribution in [2.75, 3.05) is 7.11 Å². The number of rotatable bonds is 6. The number of hydrogen-bond acceptors (Lipinski definition) is 4. The van der Waals surface area contributed by atoms with Crippen molar-refractivity contribution in [2.45, 2.75) is 18.1 Å². The highest BCUT2D eigenvalue weighted by molar-refractivity contribution is 7.89. The first kappa shape index (κ1) is 16.8. The minimum Gasteiger partial charge on any atom is -0.496 e. The maximum absolute atomic E-state index is 12.4. The Bertz CT molecular complexity index is 739. The molecule has 1 N–H and O–H groups in total. The van der Waals surface area contributed by atoms with Gasteiger partial charge in [0.2, 0.25) is 0 Å². The lowest BCUT2D eigenvalue weighted by Crippen LogP contribution is -2.08. The van der Waals surface area contributed by atoms with Crippen LogP contribution in [0.4, 0.5) is 0 Å². The molecule has 6 heteroatoms. The van der Waals surface area contributed by atoms with E-state index < -0.39 is 9.84 Å². The molecule has 2 aromatic carbocycles. The zero-order chi connectivity index (χ0) is 16.2. The molecule has 22 heavy (non-hydrogen) atoms. The third-order valence-electron chi connectivity index (χ3n) is 3.21. The Morgan fingerprint density at radius 1 is 1.05 bits per heavy atom. The number of halogens is 1. The summed E-state index contributed by atoms with van der Waals surface area (Å²) in [4.78, 5) is 0. The van der Waals surface area contributed by atoms with Crippen molar-refractivity contribution in [3.05, 3.63) is 64.2 Å². The maximum atomic E-state index is 12.4. The lowest BCUT2D eigenvalue weighted by atomic mass is 10.2. The van der Waals surface area contributed by atoms with E-state index in [1.807, 2.05) is 0 Å². The van der Waals surface area contributed by atoms with Gasteiger partial charge in [-0.05, 0) is 29.3 Å². The van der Waals surface area contributed by atoms with Crippen molar-refractivity contribution in [1.82, 2.24) is 0 Å². The highest BCUT2D eigenvalue weighted by Gasteiger charge is 2.16. The van der Waals surface area contributed by atoms with Crippen molar-refractivity contribution >= 4 is 21.4 Å². The Morgan fingerprint density at radius 2 is 1.68 bits per heavy atom. The molecule has 0 spiro atoms. The van der Waals surface area contributed by atoms with Gasteiger partial charge in [0.1, 0.15) is 5.75 Å². The van der Waals surface area contributed by atoms with Gasteiger partial charge in [-0.1, -0.05) is 35.9 Å². The Kier molecular flexibility index (Phi) is 5.45. The van der Waals surface area contributed by atoms with Crippen LogP contribution in [0.3, 0.4) is 0 Å². The Balaban J connectivity index is 2.18. The zero-order valence-electron chi connectivity index (χ0n) is 12.1. The summed E-state index contributed by atoms with van der Waals surface area (Å²) in [5.74, 6) is 0.288. The van der Waals surface area contributed by atoms with E-state index in [4.69, 9.17) is 21.4 Å². The van der Waals surface area contributed by atoms with Gasteiger partial charge in [-0.3, -0.25) is 0 Å². The molecule has 0 saturated carbocycles. The van der Waals surface area contributed by atoms with E-state index in [0.29, 0.717) is 21.9 Å². The van der Waals surface area contributed by atoms with Crippen LogP contribution in [0.2, 0.25) is 5.02 Å².